The van der Waals surface area contributed by atoms with Gasteiger partial charge in [0.25, 0.3) is 0 Å². The molecule has 0 aliphatic heterocycles. The Morgan fingerprint density at radius 1 is 1.16 bits per heavy atom. The van der Waals surface area contributed by atoms with Crippen molar-refractivity contribution < 1.29 is 9.90 Å². The van der Waals surface area contributed by atoms with Crippen molar-refractivity contribution in [1.29, 1.82) is 0 Å². The van der Waals surface area contributed by atoms with Gasteiger partial charge < -0.3 is 5.11 Å². The van der Waals surface area contributed by atoms with Crippen LogP contribution in [0.1, 0.15) is 27.3 Å². The van der Waals surface area contributed by atoms with Crippen molar-refractivity contribution >= 4 is 11.5 Å². The number of aliphatic hydroxyl groups is 1. The molecule has 1 aromatic heterocycles. The molecule has 1 aliphatic carbocycles. The Hall–Kier alpha value is -2.42. The molecule has 0 unspecified atom stereocenters. The van der Waals surface area contributed by atoms with Gasteiger partial charge in [-0.1, -0.05) is 30.3 Å². The van der Waals surface area contributed by atoms with Crippen molar-refractivity contribution in [3.8, 4) is 0 Å². The average Bonchev–Trinajstić information content (AvgIpc) is 2.76. The second-order valence-corrected chi connectivity index (χ2v) is 4.65. The van der Waals surface area contributed by atoms with Crippen LogP contribution in [0.4, 0.5) is 0 Å². The minimum absolute atomic E-state index is 0.0870. The van der Waals surface area contributed by atoms with Crippen molar-refractivity contribution in [2.75, 3.05) is 0 Å². The second kappa shape index (κ2) is 4.35. The summed E-state index contributed by atoms with van der Waals surface area (Å²) in [5.74, 6) is -0.110. The summed E-state index contributed by atoms with van der Waals surface area (Å²) in [6.45, 7) is 1.84. The Balaban J connectivity index is 2.01. The van der Waals surface area contributed by atoms with Crippen molar-refractivity contribution in [1.82, 2.24) is 4.98 Å². The van der Waals surface area contributed by atoms with Gasteiger partial charge in [-0.3, -0.25) is 4.79 Å². The molecular weight excluding hydrogens is 238 g/mol. The zero-order chi connectivity index (χ0) is 13.4. The van der Waals surface area contributed by atoms with Crippen LogP contribution in [-0.4, -0.2) is 15.9 Å². The van der Waals surface area contributed by atoms with E-state index in [4.69, 9.17) is 0 Å². The number of Topliss-reactive ketones (excluding diaryl/α,β-unsaturated/α-hetero) is 1. The molecule has 1 heterocycles. The molecule has 0 saturated carbocycles. The van der Waals surface area contributed by atoms with Crippen molar-refractivity contribution in [3.05, 3.63) is 70.6 Å². The van der Waals surface area contributed by atoms with Gasteiger partial charge in [-0.25, -0.2) is 4.98 Å². The van der Waals surface area contributed by atoms with Crippen molar-refractivity contribution in [3.63, 3.8) is 0 Å². The third kappa shape index (κ3) is 1.93. The molecule has 94 valence electrons. The van der Waals surface area contributed by atoms with E-state index < -0.39 is 0 Å². The molecule has 0 bridgehead atoms. The van der Waals surface area contributed by atoms with Gasteiger partial charge in [0, 0.05) is 23.3 Å². The maximum atomic E-state index is 12.4. The molecule has 0 radical (unpaired) electrons. The number of rotatable bonds is 2. The minimum Gasteiger partial charge on any atom is -0.507 e. The first kappa shape index (κ1) is 11.7. The van der Waals surface area contributed by atoms with E-state index in [2.05, 4.69) is 4.98 Å². The summed E-state index contributed by atoms with van der Waals surface area (Å²) in [7, 11) is 0. The summed E-state index contributed by atoms with van der Waals surface area (Å²) in [5, 5.41) is 10.2. The largest absolute Gasteiger partial charge is 0.507 e. The quantitative estimate of drug-likeness (QED) is 0.834. The molecule has 0 fully saturated rings. The lowest BCUT2D eigenvalue weighted by Gasteiger charge is -2.02. The van der Waals surface area contributed by atoms with E-state index in [9.17, 15) is 9.90 Å². The summed E-state index contributed by atoms with van der Waals surface area (Å²) >= 11 is 0. The molecule has 0 atom stereocenters. The molecule has 3 heteroatoms. The van der Waals surface area contributed by atoms with E-state index in [1.165, 1.54) is 0 Å². The Morgan fingerprint density at radius 2 is 1.95 bits per heavy atom. The van der Waals surface area contributed by atoms with Crippen LogP contribution in [0.2, 0.25) is 0 Å². The van der Waals surface area contributed by atoms with Crippen LogP contribution in [0.15, 0.2) is 48.0 Å². The SMILES string of the molecule is Cc1cccc(C(=O)C2=C(O)c3ccccc3C2)n1. The summed E-state index contributed by atoms with van der Waals surface area (Å²) in [6.07, 6.45) is 0.469. The highest BCUT2D eigenvalue weighted by atomic mass is 16.3. The molecule has 0 saturated heterocycles. The lowest BCUT2D eigenvalue weighted by molar-refractivity contribution is 0.102. The van der Waals surface area contributed by atoms with E-state index in [1.54, 1.807) is 12.1 Å². The minimum atomic E-state index is -0.197. The van der Waals surface area contributed by atoms with Crippen LogP contribution in [-0.2, 0) is 6.42 Å². The summed E-state index contributed by atoms with van der Waals surface area (Å²) < 4.78 is 0. The number of fused-ring (bicyclic) bond motifs is 1. The number of benzene rings is 1. The Kier molecular flexibility index (Phi) is 2.67. The first-order valence-corrected chi connectivity index (χ1v) is 6.15. The Bertz CT molecular complexity index is 701. The van der Waals surface area contributed by atoms with Crippen molar-refractivity contribution in [2.24, 2.45) is 0 Å². The van der Waals surface area contributed by atoms with Crippen LogP contribution in [0.3, 0.4) is 0 Å². The summed E-state index contributed by atoms with van der Waals surface area (Å²) in [5.41, 5.74) is 3.34. The zero-order valence-electron chi connectivity index (χ0n) is 10.6. The number of aromatic nitrogens is 1. The molecule has 19 heavy (non-hydrogen) atoms. The predicted molar refractivity (Wildman–Crippen MR) is 73.0 cm³/mol. The third-order valence-electron chi connectivity index (χ3n) is 3.32. The smallest absolute Gasteiger partial charge is 0.211 e. The monoisotopic (exact) mass is 251 g/mol. The van der Waals surface area contributed by atoms with Crippen LogP contribution in [0.25, 0.3) is 5.76 Å². The fourth-order valence-corrected chi connectivity index (χ4v) is 2.35. The molecule has 1 aliphatic rings. The van der Waals surface area contributed by atoms with Crippen LogP contribution < -0.4 is 0 Å². The van der Waals surface area contributed by atoms with E-state index in [0.717, 1.165) is 16.8 Å². The molecule has 1 N–H and O–H groups in total. The highest BCUT2D eigenvalue weighted by Gasteiger charge is 2.26. The van der Waals surface area contributed by atoms with Crippen LogP contribution in [0, 0.1) is 6.92 Å². The molecule has 1 aromatic carbocycles. The first-order chi connectivity index (χ1) is 9.16. The molecular formula is C16H13NO2. The molecule has 3 rings (SSSR count). The normalized spacial score (nSPS) is 13.5. The fraction of sp³-hybridized carbons (Fsp3) is 0.125. The number of carbonyl (C=O) groups is 1. The number of ketones is 1. The Labute approximate surface area is 111 Å². The number of aliphatic hydroxyl groups excluding tert-OH is 1. The van der Waals surface area contributed by atoms with Crippen LogP contribution in [0.5, 0.6) is 0 Å². The predicted octanol–water partition coefficient (Wildman–Crippen LogP) is 3.10. The van der Waals surface area contributed by atoms with Gasteiger partial charge in [0.15, 0.2) is 0 Å². The molecule has 0 spiro atoms. The number of pyridine rings is 1. The maximum Gasteiger partial charge on any atom is 0.211 e. The molecule has 0 amide bonds. The fourth-order valence-electron chi connectivity index (χ4n) is 2.35. The van der Waals surface area contributed by atoms with Gasteiger partial charge in [0.1, 0.15) is 11.5 Å². The number of hydrogen-bond acceptors (Lipinski definition) is 3. The first-order valence-electron chi connectivity index (χ1n) is 6.15. The van der Waals surface area contributed by atoms with Gasteiger partial charge in [0.2, 0.25) is 5.78 Å². The van der Waals surface area contributed by atoms with Crippen molar-refractivity contribution in [2.45, 2.75) is 13.3 Å². The molecule has 3 nitrogen and oxygen atoms in total. The second-order valence-electron chi connectivity index (χ2n) is 4.65. The highest BCUT2D eigenvalue weighted by Crippen LogP contribution is 2.32. The van der Waals surface area contributed by atoms with Gasteiger partial charge >= 0.3 is 0 Å². The summed E-state index contributed by atoms with van der Waals surface area (Å²) in [4.78, 5) is 16.6. The summed E-state index contributed by atoms with van der Waals surface area (Å²) in [6, 6.07) is 12.8. The standard InChI is InChI=1S/C16H13NO2/c1-10-5-4-8-14(17-10)16(19)13-9-11-6-2-3-7-12(11)15(13)18/h2-8,18H,9H2,1H3. The Morgan fingerprint density at radius 3 is 2.68 bits per heavy atom. The van der Waals surface area contributed by atoms with Gasteiger partial charge in [-0.15, -0.1) is 0 Å². The maximum absolute atomic E-state index is 12.4. The number of carbonyl (C=O) groups excluding carboxylic acids is 1. The van der Waals surface area contributed by atoms with Crippen LogP contribution >= 0.6 is 0 Å². The van der Waals surface area contributed by atoms with E-state index in [1.807, 2.05) is 37.3 Å². The lowest BCUT2D eigenvalue weighted by Crippen LogP contribution is -2.07. The number of allylic oxidation sites excluding steroid dienone is 1. The number of nitrogens with zero attached hydrogens (tertiary/aromatic N) is 1. The van der Waals surface area contributed by atoms with Gasteiger partial charge in [0.05, 0.1) is 0 Å². The highest BCUT2D eigenvalue weighted by molar-refractivity contribution is 6.12. The topological polar surface area (TPSA) is 50.2 Å². The van der Waals surface area contributed by atoms with E-state index >= 15 is 0 Å². The number of hydrogen-bond donors (Lipinski definition) is 1. The number of aryl methyl sites for hydroxylation is 1. The van der Waals surface area contributed by atoms with E-state index in [-0.39, 0.29) is 11.5 Å². The molecule has 2 aromatic rings. The lowest BCUT2D eigenvalue weighted by atomic mass is 10.1. The zero-order valence-corrected chi connectivity index (χ0v) is 10.6. The van der Waals surface area contributed by atoms with Gasteiger partial charge in [-0.2, -0.15) is 0 Å². The average molecular weight is 251 g/mol. The van der Waals surface area contributed by atoms with E-state index in [0.29, 0.717) is 17.7 Å². The van der Waals surface area contributed by atoms with Gasteiger partial charge in [-0.05, 0) is 24.6 Å². The third-order valence-corrected chi connectivity index (χ3v) is 3.32.